The number of thiocarbonyl (C=S) groups is 1. The van der Waals surface area contributed by atoms with Crippen LogP contribution in [0.5, 0.6) is 5.75 Å². The lowest BCUT2D eigenvalue weighted by atomic mass is 9.95. The molecular formula is C14H20N2O5S. The third-order valence-electron chi connectivity index (χ3n) is 3.71. The molecule has 1 saturated heterocycles. The average Bonchev–Trinajstić information content (AvgIpc) is 2.53. The Morgan fingerprint density at radius 2 is 1.91 bits per heavy atom. The first-order valence-electron chi connectivity index (χ1n) is 6.84. The Morgan fingerprint density at radius 3 is 2.45 bits per heavy atom. The standard InChI is InChI=1S/C14H20N2O5S/c1-21-9-4-2-8(3-5-9)15-14(22)16-6-11(18)13(20)12(19)10(16)7-17/h2-5,10-13,17-20H,6-7H2,1H3,(H,15,22)/t10-,11+,12+,13-/m1/s1. The molecular weight excluding hydrogens is 308 g/mol. The summed E-state index contributed by atoms with van der Waals surface area (Å²) in [6.45, 7) is -0.374. The summed E-state index contributed by atoms with van der Waals surface area (Å²) < 4.78 is 5.07. The number of aliphatic hydroxyl groups excluding tert-OH is 4. The number of benzene rings is 1. The first kappa shape index (κ1) is 16.9. The molecule has 1 fully saturated rings. The van der Waals surface area contributed by atoms with Gasteiger partial charge in [0.2, 0.25) is 0 Å². The van der Waals surface area contributed by atoms with Crippen LogP contribution in [0.15, 0.2) is 24.3 Å². The van der Waals surface area contributed by atoms with Gasteiger partial charge >= 0.3 is 0 Å². The molecule has 1 aliphatic heterocycles. The fourth-order valence-electron chi connectivity index (χ4n) is 2.39. The largest absolute Gasteiger partial charge is 0.497 e. The number of rotatable bonds is 3. The van der Waals surface area contributed by atoms with E-state index >= 15 is 0 Å². The number of piperidine rings is 1. The number of hydrogen-bond donors (Lipinski definition) is 5. The maximum absolute atomic E-state index is 9.95. The van der Waals surface area contributed by atoms with Gasteiger partial charge in [-0.15, -0.1) is 0 Å². The lowest BCUT2D eigenvalue weighted by molar-refractivity contribution is -0.128. The van der Waals surface area contributed by atoms with Crippen LogP contribution < -0.4 is 10.1 Å². The minimum Gasteiger partial charge on any atom is -0.497 e. The second-order valence-corrected chi connectivity index (χ2v) is 5.50. The van der Waals surface area contributed by atoms with Gasteiger partial charge in [0.1, 0.15) is 24.1 Å². The molecule has 4 atom stereocenters. The smallest absolute Gasteiger partial charge is 0.173 e. The summed E-state index contributed by atoms with van der Waals surface area (Å²) in [5.41, 5.74) is 0.706. The van der Waals surface area contributed by atoms with Gasteiger partial charge in [-0.05, 0) is 36.5 Å². The number of anilines is 1. The van der Waals surface area contributed by atoms with E-state index in [1.165, 1.54) is 4.90 Å². The van der Waals surface area contributed by atoms with Crippen molar-refractivity contribution < 1.29 is 25.2 Å². The molecule has 0 amide bonds. The molecule has 22 heavy (non-hydrogen) atoms. The van der Waals surface area contributed by atoms with E-state index in [0.29, 0.717) is 11.4 Å². The Balaban J connectivity index is 2.09. The highest BCUT2D eigenvalue weighted by Crippen LogP contribution is 2.21. The number of ether oxygens (including phenoxy) is 1. The van der Waals surface area contributed by atoms with Crippen molar-refractivity contribution in [2.75, 3.05) is 25.6 Å². The summed E-state index contributed by atoms with van der Waals surface area (Å²) in [6, 6.07) is 6.28. The van der Waals surface area contributed by atoms with Crippen molar-refractivity contribution in [3.8, 4) is 5.75 Å². The molecule has 0 bridgehead atoms. The molecule has 1 heterocycles. The highest BCUT2D eigenvalue weighted by Gasteiger charge is 2.42. The molecule has 1 aromatic carbocycles. The molecule has 2 rings (SSSR count). The fraction of sp³-hybridized carbons (Fsp3) is 0.500. The normalized spacial score (nSPS) is 28.3. The Morgan fingerprint density at radius 1 is 1.27 bits per heavy atom. The summed E-state index contributed by atoms with van der Waals surface area (Å²) >= 11 is 5.27. The lowest BCUT2D eigenvalue weighted by Gasteiger charge is -2.44. The fourth-order valence-corrected chi connectivity index (χ4v) is 2.72. The van der Waals surface area contributed by atoms with Gasteiger partial charge in [0.25, 0.3) is 0 Å². The van der Waals surface area contributed by atoms with E-state index in [1.54, 1.807) is 31.4 Å². The first-order chi connectivity index (χ1) is 10.5. The van der Waals surface area contributed by atoms with Crippen molar-refractivity contribution in [2.24, 2.45) is 0 Å². The van der Waals surface area contributed by atoms with Crippen molar-refractivity contribution in [1.29, 1.82) is 0 Å². The minimum atomic E-state index is -1.31. The molecule has 0 unspecified atom stereocenters. The Kier molecular flexibility index (Phi) is 5.54. The van der Waals surface area contributed by atoms with Crippen molar-refractivity contribution in [3.05, 3.63) is 24.3 Å². The molecule has 0 saturated carbocycles. The number of likely N-dealkylation sites (tertiary alicyclic amines) is 1. The van der Waals surface area contributed by atoms with Crippen molar-refractivity contribution in [1.82, 2.24) is 4.90 Å². The quantitative estimate of drug-likeness (QED) is 0.457. The SMILES string of the molecule is COc1ccc(NC(=S)N2C[C@H](O)[C@@H](O)[C@@H](O)[C@H]2CO)cc1. The van der Waals surface area contributed by atoms with Crippen LogP contribution in [0.4, 0.5) is 5.69 Å². The Bertz CT molecular complexity index is 512. The zero-order valence-electron chi connectivity index (χ0n) is 12.1. The molecule has 0 aliphatic carbocycles. The predicted molar refractivity (Wildman–Crippen MR) is 84.8 cm³/mol. The van der Waals surface area contributed by atoms with Gasteiger partial charge < -0.3 is 35.4 Å². The zero-order valence-corrected chi connectivity index (χ0v) is 12.9. The monoisotopic (exact) mass is 328 g/mol. The molecule has 5 N–H and O–H groups in total. The molecule has 0 aromatic heterocycles. The van der Waals surface area contributed by atoms with E-state index in [1.807, 2.05) is 0 Å². The third kappa shape index (κ3) is 3.47. The number of aliphatic hydroxyl groups is 4. The van der Waals surface area contributed by atoms with Crippen LogP contribution in [0.25, 0.3) is 0 Å². The maximum atomic E-state index is 9.95. The zero-order chi connectivity index (χ0) is 16.3. The molecule has 1 aliphatic rings. The van der Waals surface area contributed by atoms with E-state index in [9.17, 15) is 20.4 Å². The van der Waals surface area contributed by atoms with Gasteiger partial charge in [-0.25, -0.2) is 0 Å². The molecule has 8 heteroatoms. The Labute approximate surface area is 133 Å². The summed E-state index contributed by atoms with van der Waals surface area (Å²) in [7, 11) is 1.57. The summed E-state index contributed by atoms with van der Waals surface area (Å²) in [6.07, 6.45) is -3.74. The number of β-amino-alcohol motifs (C(OH)–C–C–N with tert-alkyl or cyclic N) is 1. The lowest BCUT2D eigenvalue weighted by Crippen LogP contribution is -2.64. The van der Waals surface area contributed by atoms with Gasteiger partial charge in [-0.3, -0.25) is 0 Å². The number of methoxy groups -OCH3 is 1. The molecule has 122 valence electrons. The van der Waals surface area contributed by atoms with Crippen molar-refractivity contribution in [3.63, 3.8) is 0 Å². The number of hydrogen-bond acceptors (Lipinski definition) is 6. The second-order valence-electron chi connectivity index (χ2n) is 5.11. The summed E-state index contributed by atoms with van der Waals surface area (Å²) in [5.74, 6) is 0.705. The Hall–Kier alpha value is -1.45. The van der Waals surface area contributed by atoms with E-state index in [-0.39, 0.29) is 11.7 Å². The van der Waals surface area contributed by atoms with E-state index in [2.05, 4.69) is 5.32 Å². The van der Waals surface area contributed by atoms with Crippen molar-refractivity contribution >= 4 is 23.0 Å². The topological polar surface area (TPSA) is 105 Å². The van der Waals surface area contributed by atoms with Crippen LogP contribution >= 0.6 is 12.2 Å². The van der Waals surface area contributed by atoms with E-state index in [0.717, 1.165) is 0 Å². The molecule has 1 aromatic rings. The minimum absolute atomic E-state index is 0.0193. The summed E-state index contributed by atoms with van der Waals surface area (Å²) in [5, 5.41) is 42.0. The van der Waals surface area contributed by atoms with Gasteiger partial charge in [0.15, 0.2) is 5.11 Å². The second kappa shape index (κ2) is 7.21. The van der Waals surface area contributed by atoms with Crippen molar-refractivity contribution in [2.45, 2.75) is 24.4 Å². The third-order valence-corrected chi connectivity index (χ3v) is 4.05. The van der Waals surface area contributed by atoms with Gasteiger partial charge in [0.05, 0.1) is 19.8 Å². The first-order valence-corrected chi connectivity index (χ1v) is 7.25. The number of nitrogens with zero attached hydrogens (tertiary/aromatic N) is 1. The van der Waals surface area contributed by atoms with Crippen LogP contribution in [-0.4, -0.2) is 75.1 Å². The molecule has 0 radical (unpaired) electrons. The van der Waals surface area contributed by atoms with E-state index in [4.69, 9.17) is 17.0 Å². The van der Waals surface area contributed by atoms with E-state index < -0.39 is 31.0 Å². The van der Waals surface area contributed by atoms with Crippen LogP contribution in [0.1, 0.15) is 0 Å². The maximum Gasteiger partial charge on any atom is 0.173 e. The van der Waals surface area contributed by atoms with Crippen LogP contribution in [0, 0.1) is 0 Å². The van der Waals surface area contributed by atoms with Crippen LogP contribution in [0.2, 0.25) is 0 Å². The van der Waals surface area contributed by atoms with Gasteiger partial charge in [-0.2, -0.15) is 0 Å². The summed E-state index contributed by atoms with van der Waals surface area (Å²) in [4.78, 5) is 1.47. The highest BCUT2D eigenvalue weighted by atomic mass is 32.1. The highest BCUT2D eigenvalue weighted by molar-refractivity contribution is 7.80. The predicted octanol–water partition coefficient (Wildman–Crippen LogP) is -0.849. The molecule has 7 nitrogen and oxygen atoms in total. The van der Waals surface area contributed by atoms with Crippen LogP contribution in [0.3, 0.4) is 0 Å². The average molecular weight is 328 g/mol. The number of nitrogens with one attached hydrogen (secondary N) is 1. The molecule has 0 spiro atoms. The van der Waals surface area contributed by atoms with Crippen LogP contribution in [-0.2, 0) is 0 Å². The van der Waals surface area contributed by atoms with Gasteiger partial charge in [-0.1, -0.05) is 0 Å². The van der Waals surface area contributed by atoms with Gasteiger partial charge in [0, 0.05) is 12.2 Å².